The number of halogens is 2. The topological polar surface area (TPSA) is 0 Å². The number of aryl methyl sites for hydroxylation is 1. The largest absolute Gasteiger partial charge is 0.207 e. The molecule has 0 heterocycles. The zero-order valence-corrected chi connectivity index (χ0v) is 14.4. The molecule has 0 amide bonds. The van der Waals surface area contributed by atoms with Gasteiger partial charge in [0.25, 0.3) is 0 Å². The quantitative estimate of drug-likeness (QED) is 0.424. The van der Waals surface area contributed by atoms with E-state index in [-0.39, 0.29) is 5.56 Å². The fraction of sp³-hybridized carbons (Fsp3) is 0.217. The Bertz CT molecular complexity index is 818. The van der Waals surface area contributed by atoms with Crippen LogP contribution in [0.25, 0.3) is 22.3 Å². The number of unbranched alkanes of at least 4 members (excludes halogenated alkanes) is 2. The summed E-state index contributed by atoms with van der Waals surface area (Å²) < 4.78 is 27.2. The molecule has 3 aromatic carbocycles. The molecule has 0 saturated carbocycles. The molecule has 0 aliphatic heterocycles. The number of rotatable bonds is 6. The van der Waals surface area contributed by atoms with E-state index in [0.29, 0.717) is 5.56 Å². The fourth-order valence-corrected chi connectivity index (χ4v) is 3.00. The third kappa shape index (κ3) is 4.33. The van der Waals surface area contributed by atoms with Crippen molar-refractivity contribution in [3.05, 3.63) is 83.9 Å². The number of hydrogen-bond acceptors (Lipinski definition) is 0. The Kier molecular flexibility index (Phi) is 5.60. The van der Waals surface area contributed by atoms with Gasteiger partial charge < -0.3 is 0 Å². The fourth-order valence-electron chi connectivity index (χ4n) is 3.00. The Morgan fingerprint density at radius 1 is 0.680 bits per heavy atom. The van der Waals surface area contributed by atoms with Gasteiger partial charge in [-0.1, -0.05) is 68.3 Å². The van der Waals surface area contributed by atoms with Gasteiger partial charge in [0, 0.05) is 5.56 Å². The first-order valence-electron chi connectivity index (χ1n) is 8.82. The zero-order chi connectivity index (χ0) is 17.6. The van der Waals surface area contributed by atoms with E-state index in [9.17, 15) is 8.78 Å². The zero-order valence-electron chi connectivity index (χ0n) is 14.4. The molecule has 0 aromatic heterocycles. The van der Waals surface area contributed by atoms with Crippen LogP contribution in [-0.4, -0.2) is 0 Å². The van der Waals surface area contributed by atoms with Crippen LogP contribution >= 0.6 is 0 Å². The first-order valence-corrected chi connectivity index (χ1v) is 8.82. The van der Waals surface area contributed by atoms with Crippen molar-refractivity contribution in [2.75, 3.05) is 0 Å². The van der Waals surface area contributed by atoms with Crippen molar-refractivity contribution >= 4 is 0 Å². The lowest BCUT2D eigenvalue weighted by molar-refractivity contribution is 0.603. The highest BCUT2D eigenvalue weighted by atomic mass is 19.1. The van der Waals surface area contributed by atoms with Gasteiger partial charge in [0.1, 0.15) is 11.6 Å². The summed E-state index contributed by atoms with van der Waals surface area (Å²) in [5.74, 6) is -0.843. The van der Waals surface area contributed by atoms with Gasteiger partial charge in [-0.3, -0.25) is 0 Å². The minimum absolute atomic E-state index is 0.290. The van der Waals surface area contributed by atoms with E-state index in [1.807, 2.05) is 24.3 Å². The molecule has 0 saturated heterocycles. The van der Waals surface area contributed by atoms with Gasteiger partial charge in [-0.25, -0.2) is 8.78 Å². The van der Waals surface area contributed by atoms with Crippen LogP contribution in [0.15, 0.2) is 66.7 Å². The second kappa shape index (κ2) is 8.06. The molecule has 3 rings (SSSR count). The van der Waals surface area contributed by atoms with E-state index in [1.165, 1.54) is 30.9 Å². The standard InChI is InChI=1S/C23H22F2/c1-2-3-4-5-17-6-8-18(9-7-17)19-10-12-20(13-11-19)22-16-21(24)14-15-23(22)25/h6-16H,2-5H2,1H3. The third-order valence-corrected chi connectivity index (χ3v) is 4.48. The molecule has 0 unspecified atom stereocenters. The van der Waals surface area contributed by atoms with E-state index in [4.69, 9.17) is 0 Å². The molecule has 2 heteroatoms. The second-order valence-electron chi connectivity index (χ2n) is 6.36. The molecule has 0 radical (unpaired) electrons. The summed E-state index contributed by atoms with van der Waals surface area (Å²) in [4.78, 5) is 0. The summed E-state index contributed by atoms with van der Waals surface area (Å²) >= 11 is 0. The highest BCUT2D eigenvalue weighted by Crippen LogP contribution is 2.27. The van der Waals surface area contributed by atoms with Gasteiger partial charge in [0.15, 0.2) is 0 Å². The molecule has 25 heavy (non-hydrogen) atoms. The van der Waals surface area contributed by atoms with Crippen molar-refractivity contribution in [1.82, 2.24) is 0 Å². The molecule has 0 fully saturated rings. The highest BCUT2D eigenvalue weighted by Gasteiger charge is 2.07. The Morgan fingerprint density at radius 2 is 1.28 bits per heavy atom. The van der Waals surface area contributed by atoms with Crippen molar-refractivity contribution in [3.63, 3.8) is 0 Å². The first-order chi connectivity index (χ1) is 12.2. The smallest absolute Gasteiger partial charge is 0.131 e. The summed E-state index contributed by atoms with van der Waals surface area (Å²) in [7, 11) is 0. The van der Waals surface area contributed by atoms with Crippen LogP contribution in [-0.2, 0) is 6.42 Å². The van der Waals surface area contributed by atoms with E-state index < -0.39 is 11.6 Å². The summed E-state index contributed by atoms with van der Waals surface area (Å²) in [5, 5.41) is 0. The average molecular weight is 336 g/mol. The minimum atomic E-state index is -0.431. The third-order valence-electron chi connectivity index (χ3n) is 4.48. The predicted octanol–water partition coefficient (Wildman–Crippen LogP) is 7.03. The summed E-state index contributed by atoms with van der Waals surface area (Å²) in [6.45, 7) is 2.21. The van der Waals surface area contributed by atoms with Crippen molar-refractivity contribution in [1.29, 1.82) is 0 Å². The van der Waals surface area contributed by atoms with Crippen molar-refractivity contribution in [2.24, 2.45) is 0 Å². The lowest BCUT2D eigenvalue weighted by Gasteiger charge is -2.07. The molecule has 0 aliphatic carbocycles. The van der Waals surface area contributed by atoms with E-state index in [1.54, 1.807) is 0 Å². The maximum Gasteiger partial charge on any atom is 0.131 e. The predicted molar refractivity (Wildman–Crippen MR) is 100 cm³/mol. The monoisotopic (exact) mass is 336 g/mol. The van der Waals surface area contributed by atoms with Crippen LogP contribution < -0.4 is 0 Å². The number of benzene rings is 3. The summed E-state index contributed by atoms with van der Waals surface area (Å²) in [6, 6.07) is 19.7. The molecule has 0 spiro atoms. The van der Waals surface area contributed by atoms with E-state index in [0.717, 1.165) is 29.7 Å². The van der Waals surface area contributed by atoms with Gasteiger partial charge in [0.2, 0.25) is 0 Å². The van der Waals surface area contributed by atoms with Crippen molar-refractivity contribution in [2.45, 2.75) is 32.6 Å². The summed E-state index contributed by atoms with van der Waals surface area (Å²) in [5.41, 5.74) is 4.52. The lowest BCUT2D eigenvalue weighted by Crippen LogP contribution is -1.88. The SMILES string of the molecule is CCCCCc1ccc(-c2ccc(-c3cc(F)ccc3F)cc2)cc1. The molecule has 0 nitrogen and oxygen atoms in total. The van der Waals surface area contributed by atoms with E-state index in [2.05, 4.69) is 31.2 Å². The minimum Gasteiger partial charge on any atom is -0.207 e. The Morgan fingerprint density at radius 3 is 1.92 bits per heavy atom. The van der Waals surface area contributed by atoms with Crippen molar-refractivity contribution in [3.8, 4) is 22.3 Å². The van der Waals surface area contributed by atoms with Gasteiger partial charge >= 0.3 is 0 Å². The van der Waals surface area contributed by atoms with Gasteiger partial charge in [-0.15, -0.1) is 0 Å². The highest BCUT2D eigenvalue weighted by molar-refractivity contribution is 5.70. The second-order valence-corrected chi connectivity index (χ2v) is 6.36. The van der Waals surface area contributed by atoms with E-state index >= 15 is 0 Å². The van der Waals surface area contributed by atoms with Crippen LogP contribution in [0.3, 0.4) is 0 Å². The normalized spacial score (nSPS) is 10.8. The molecule has 0 aliphatic rings. The van der Waals surface area contributed by atoms with Gasteiger partial charge in [-0.05, 0) is 53.3 Å². The summed E-state index contributed by atoms with van der Waals surface area (Å²) in [6.07, 6.45) is 4.84. The Labute approximate surface area is 148 Å². The van der Waals surface area contributed by atoms with Crippen molar-refractivity contribution < 1.29 is 8.78 Å². The van der Waals surface area contributed by atoms with Crippen LogP contribution in [0.1, 0.15) is 31.7 Å². The Balaban J connectivity index is 1.77. The molecular formula is C23H22F2. The molecule has 128 valence electrons. The van der Waals surface area contributed by atoms with Gasteiger partial charge in [0.05, 0.1) is 0 Å². The molecular weight excluding hydrogens is 314 g/mol. The maximum absolute atomic E-state index is 13.9. The molecule has 0 atom stereocenters. The van der Waals surface area contributed by atoms with Crippen LogP contribution in [0.4, 0.5) is 8.78 Å². The maximum atomic E-state index is 13.9. The van der Waals surface area contributed by atoms with Crippen LogP contribution in [0.2, 0.25) is 0 Å². The van der Waals surface area contributed by atoms with Crippen LogP contribution in [0, 0.1) is 11.6 Å². The van der Waals surface area contributed by atoms with Gasteiger partial charge in [-0.2, -0.15) is 0 Å². The molecule has 0 bridgehead atoms. The Hall–Kier alpha value is -2.48. The first kappa shape index (κ1) is 17.3. The number of hydrogen-bond donors (Lipinski definition) is 0. The molecule has 0 N–H and O–H groups in total. The lowest BCUT2D eigenvalue weighted by atomic mass is 9.98. The molecule has 3 aromatic rings. The average Bonchev–Trinajstić information content (AvgIpc) is 2.65. The van der Waals surface area contributed by atoms with Crippen LogP contribution in [0.5, 0.6) is 0 Å².